The molecule has 4 rings (SSSR count). The van der Waals surface area contributed by atoms with Crippen LogP contribution in [0.15, 0.2) is 73.2 Å². The molecule has 1 atom stereocenters. The molecule has 1 N–H and O–H groups in total. The fourth-order valence-corrected chi connectivity index (χ4v) is 3.27. The van der Waals surface area contributed by atoms with Crippen LogP contribution in [-0.2, 0) is 0 Å². The molecule has 0 amide bonds. The van der Waals surface area contributed by atoms with E-state index in [1.807, 2.05) is 34.9 Å². The van der Waals surface area contributed by atoms with E-state index in [0.29, 0.717) is 17.1 Å². The normalized spacial score (nSPS) is 12.0. The van der Waals surface area contributed by atoms with Crippen LogP contribution in [0.4, 0.5) is 4.39 Å². The minimum atomic E-state index is -0.367. The molecule has 0 aliphatic rings. The summed E-state index contributed by atoms with van der Waals surface area (Å²) >= 11 is 0. The fourth-order valence-electron chi connectivity index (χ4n) is 3.27. The Morgan fingerprint density at radius 2 is 1.79 bits per heavy atom. The number of methoxy groups -OCH3 is 1. The summed E-state index contributed by atoms with van der Waals surface area (Å²) in [6.45, 7) is -0.127. The first-order chi connectivity index (χ1) is 14.2. The van der Waals surface area contributed by atoms with E-state index >= 15 is 0 Å². The van der Waals surface area contributed by atoms with E-state index in [0.717, 1.165) is 11.1 Å². The number of hydrogen-bond donors (Lipinski definition) is 1. The second kappa shape index (κ2) is 8.20. The first kappa shape index (κ1) is 18.8. The van der Waals surface area contributed by atoms with Crippen LogP contribution in [0.25, 0.3) is 22.6 Å². The van der Waals surface area contributed by atoms with Gasteiger partial charge >= 0.3 is 6.01 Å². The summed E-state index contributed by atoms with van der Waals surface area (Å²) in [6, 6.07) is 17.4. The van der Waals surface area contributed by atoms with Crippen LogP contribution in [0.1, 0.15) is 11.6 Å². The molecular formula is C22H19FN4O2. The van der Waals surface area contributed by atoms with Crippen LogP contribution in [0.3, 0.4) is 0 Å². The lowest BCUT2D eigenvalue weighted by atomic mass is 10.0. The van der Waals surface area contributed by atoms with Crippen molar-refractivity contribution in [2.45, 2.75) is 6.04 Å². The molecule has 7 heteroatoms. The largest absolute Gasteiger partial charge is 0.467 e. The third kappa shape index (κ3) is 3.72. The van der Waals surface area contributed by atoms with Gasteiger partial charge in [0.1, 0.15) is 5.82 Å². The number of aromatic nitrogens is 4. The summed E-state index contributed by atoms with van der Waals surface area (Å²) in [4.78, 5) is 13.1. The summed E-state index contributed by atoms with van der Waals surface area (Å²) in [6.07, 6.45) is 3.26. The van der Waals surface area contributed by atoms with Crippen LogP contribution in [-0.4, -0.2) is 38.3 Å². The first-order valence-electron chi connectivity index (χ1n) is 9.07. The summed E-state index contributed by atoms with van der Waals surface area (Å²) < 4.78 is 20.5. The van der Waals surface area contributed by atoms with Gasteiger partial charge in [-0.1, -0.05) is 30.3 Å². The molecule has 0 radical (unpaired) electrons. The molecule has 4 aromatic rings. The fraction of sp³-hybridized carbons (Fsp3) is 0.136. The second-order valence-corrected chi connectivity index (χ2v) is 6.39. The number of hydrogen-bond acceptors (Lipinski definition) is 5. The molecule has 0 spiro atoms. The van der Waals surface area contributed by atoms with Crippen molar-refractivity contribution in [2.24, 2.45) is 0 Å². The molecule has 2 aromatic heterocycles. The zero-order chi connectivity index (χ0) is 20.2. The molecule has 0 fully saturated rings. The van der Waals surface area contributed by atoms with Crippen molar-refractivity contribution in [3.63, 3.8) is 0 Å². The van der Waals surface area contributed by atoms with Gasteiger partial charge in [-0.15, -0.1) is 0 Å². The molecule has 29 heavy (non-hydrogen) atoms. The molecule has 2 aromatic carbocycles. The van der Waals surface area contributed by atoms with Crippen molar-refractivity contribution in [3.8, 4) is 28.7 Å². The van der Waals surface area contributed by atoms with Crippen molar-refractivity contribution in [1.82, 2.24) is 19.5 Å². The van der Waals surface area contributed by atoms with Gasteiger partial charge < -0.3 is 14.4 Å². The van der Waals surface area contributed by atoms with Gasteiger partial charge in [-0.3, -0.25) is 0 Å². The Kier molecular flexibility index (Phi) is 5.31. The van der Waals surface area contributed by atoms with Crippen molar-refractivity contribution >= 4 is 0 Å². The number of aliphatic hydroxyl groups excluding tert-OH is 1. The minimum Gasteiger partial charge on any atom is -0.467 e. The minimum absolute atomic E-state index is 0.127. The van der Waals surface area contributed by atoms with E-state index in [9.17, 15) is 9.50 Å². The SMILES string of the molecule is COc1nccc(-c2c(-c3ccc(F)cc3)ncn2C(CO)c2ccccc2)n1. The Bertz CT molecular complexity index is 1100. The average Bonchev–Trinajstić information content (AvgIpc) is 3.20. The molecule has 6 nitrogen and oxygen atoms in total. The Morgan fingerprint density at radius 1 is 1.03 bits per heavy atom. The number of imidazole rings is 1. The lowest BCUT2D eigenvalue weighted by molar-refractivity contribution is 0.250. The average molecular weight is 390 g/mol. The lowest BCUT2D eigenvalue weighted by Gasteiger charge is -2.20. The van der Waals surface area contributed by atoms with Crippen LogP contribution < -0.4 is 4.74 Å². The van der Waals surface area contributed by atoms with Gasteiger partial charge in [0.05, 0.1) is 43.2 Å². The van der Waals surface area contributed by atoms with Crippen molar-refractivity contribution in [1.29, 1.82) is 0 Å². The van der Waals surface area contributed by atoms with E-state index in [2.05, 4.69) is 15.0 Å². The van der Waals surface area contributed by atoms with Crippen LogP contribution >= 0.6 is 0 Å². The number of halogens is 1. The quantitative estimate of drug-likeness (QED) is 0.543. The molecule has 0 bridgehead atoms. The highest BCUT2D eigenvalue weighted by Gasteiger charge is 2.23. The Hall–Kier alpha value is -3.58. The third-order valence-electron chi connectivity index (χ3n) is 4.66. The number of rotatable bonds is 6. The molecule has 2 heterocycles. The summed E-state index contributed by atoms with van der Waals surface area (Å²) in [5.41, 5.74) is 3.56. The van der Waals surface area contributed by atoms with E-state index in [-0.39, 0.29) is 24.5 Å². The van der Waals surface area contributed by atoms with Gasteiger partial charge in [0.25, 0.3) is 0 Å². The highest BCUT2D eigenvalue weighted by Crippen LogP contribution is 2.34. The topological polar surface area (TPSA) is 73.1 Å². The van der Waals surface area contributed by atoms with Crippen LogP contribution in [0, 0.1) is 5.82 Å². The van der Waals surface area contributed by atoms with Crippen molar-refractivity contribution in [3.05, 3.63) is 84.6 Å². The smallest absolute Gasteiger partial charge is 0.316 e. The maximum atomic E-state index is 13.4. The number of aliphatic hydroxyl groups is 1. The molecule has 0 aliphatic heterocycles. The van der Waals surface area contributed by atoms with Gasteiger partial charge in [-0.2, -0.15) is 4.98 Å². The molecule has 0 saturated carbocycles. The third-order valence-corrected chi connectivity index (χ3v) is 4.66. The van der Waals surface area contributed by atoms with Gasteiger partial charge in [-0.25, -0.2) is 14.4 Å². The Morgan fingerprint density at radius 3 is 2.48 bits per heavy atom. The molecule has 0 aliphatic carbocycles. The Labute approximate surface area is 167 Å². The van der Waals surface area contributed by atoms with E-state index in [1.54, 1.807) is 30.7 Å². The predicted octanol–water partition coefficient (Wildman–Crippen LogP) is 3.74. The molecule has 0 saturated heterocycles. The number of nitrogens with zero attached hydrogens (tertiary/aromatic N) is 4. The van der Waals surface area contributed by atoms with Gasteiger partial charge in [0.15, 0.2) is 0 Å². The summed E-state index contributed by atoms with van der Waals surface area (Å²) in [5, 5.41) is 10.2. The van der Waals surface area contributed by atoms with Crippen LogP contribution in [0.5, 0.6) is 6.01 Å². The monoisotopic (exact) mass is 390 g/mol. The van der Waals surface area contributed by atoms with E-state index in [1.165, 1.54) is 19.2 Å². The summed E-state index contributed by atoms with van der Waals surface area (Å²) in [7, 11) is 1.50. The number of benzene rings is 2. The predicted molar refractivity (Wildman–Crippen MR) is 107 cm³/mol. The van der Waals surface area contributed by atoms with Crippen LogP contribution in [0.2, 0.25) is 0 Å². The van der Waals surface area contributed by atoms with Gasteiger partial charge in [0.2, 0.25) is 0 Å². The molecule has 1 unspecified atom stereocenters. The van der Waals surface area contributed by atoms with E-state index in [4.69, 9.17) is 4.74 Å². The lowest BCUT2D eigenvalue weighted by Crippen LogP contribution is -2.15. The highest BCUT2D eigenvalue weighted by atomic mass is 19.1. The molecular weight excluding hydrogens is 371 g/mol. The van der Waals surface area contributed by atoms with Crippen molar-refractivity contribution < 1.29 is 14.2 Å². The second-order valence-electron chi connectivity index (χ2n) is 6.39. The number of ether oxygens (including phenoxy) is 1. The highest BCUT2D eigenvalue weighted by molar-refractivity contribution is 5.77. The van der Waals surface area contributed by atoms with Crippen molar-refractivity contribution in [2.75, 3.05) is 13.7 Å². The van der Waals surface area contributed by atoms with E-state index < -0.39 is 0 Å². The zero-order valence-electron chi connectivity index (χ0n) is 15.7. The first-order valence-corrected chi connectivity index (χ1v) is 9.07. The zero-order valence-corrected chi connectivity index (χ0v) is 15.7. The maximum absolute atomic E-state index is 13.4. The Balaban J connectivity index is 1.93. The van der Waals surface area contributed by atoms with Gasteiger partial charge in [-0.05, 0) is 35.9 Å². The standard InChI is InChI=1S/C22H19FN4O2/c1-29-22-24-12-11-18(26-22)21-20(16-7-9-17(23)10-8-16)25-14-27(21)19(13-28)15-5-3-2-4-6-15/h2-12,14,19,28H,13H2,1H3. The van der Waals surface area contributed by atoms with Gasteiger partial charge in [0, 0.05) is 11.8 Å². The maximum Gasteiger partial charge on any atom is 0.316 e. The summed E-state index contributed by atoms with van der Waals surface area (Å²) in [5.74, 6) is -0.323. The molecule has 146 valence electrons.